The van der Waals surface area contributed by atoms with Crippen molar-refractivity contribution in [2.75, 3.05) is 10.5 Å². The number of sulfonamides is 1. The molecule has 0 aliphatic heterocycles. The molecule has 0 saturated heterocycles. The number of hydrogen-bond donors (Lipinski definition) is 2. The number of aryl methyl sites for hydroxylation is 1. The zero-order valence-corrected chi connectivity index (χ0v) is 13.5. The van der Waals surface area contributed by atoms with Gasteiger partial charge in [0.2, 0.25) is 0 Å². The van der Waals surface area contributed by atoms with Gasteiger partial charge < -0.3 is 5.73 Å². The first-order valence-corrected chi connectivity index (χ1v) is 8.20. The summed E-state index contributed by atoms with van der Waals surface area (Å²) >= 11 is 3.25. The first kappa shape index (κ1) is 15.4. The topological polar surface area (TPSA) is 96.0 Å². The zero-order valence-electron chi connectivity index (χ0n) is 11.1. The molecule has 0 heterocycles. The fraction of sp³-hybridized carbons (Fsp3) is 0.0714. The number of anilines is 2. The van der Waals surface area contributed by atoms with Gasteiger partial charge in [-0.05, 0) is 64.8 Å². The molecule has 0 aromatic heterocycles. The highest BCUT2D eigenvalue weighted by Crippen LogP contribution is 2.25. The second-order valence-electron chi connectivity index (χ2n) is 4.43. The molecular formula is C14H12BrN3O2S. The number of nitrogen functional groups attached to an aromatic ring is 1. The first-order valence-electron chi connectivity index (χ1n) is 5.92. The van der Waals surface area contributed by atoms with Gasteiger partial charge in [0.05, 0.1) is 22.2 Å². The SMILES string of the molecule is Cc1cc(S(=O)(=O)Nc2ccc(Br)c(N)c2)ccc1C#N. The number of nitriles is 1. The average Bonchev–Trinajstić information content (AvgIpc) is 2.42. The van der Waals surface area contributed by atoms with E-state index in [1.165, 1.54) is 24.3 Å². The second kappa shape index (κ2) is 5.76. The number of hydrogen-bond acceptors (Lipinski definition) is 4. The number of rotatable bonds is 3. The van der Waals surface area contributed by atoms with Gasteiger partial charge in [0, 0.05) is 10.2 Å². The second-order valence-corrected chi connectivity index (χ2v) is 6.97. The number of nitrogens with zero attached hydrogens (tertiary/aromatic N) is 1. The maximum atomic E-state index is 12.3. The fourth-order valence-electron chi connectivity index (χ4n) is 1.75. The van der Waals surface area contributed by atoms with Gasteiger partial charge in [-0.25, -0.2) is 8.42 Å². The average molecular weight is 366 g/mol. The lowest BCUT2D eigenvalue weighted by Gasteiger charge is -2.10. The van der Waals surface area contributed by atoms with Crippen LogP contribution >= 0.6 is 15.9 Å². The molecule has 108 valence electrons. The molecule has 7 heteroatoms. The summed E-state index contributed by atoms with van der Waals surface area (Å²) in [6.45, 7) is 1.69. The molecule has 5 nitrogen and oxygen atoms in total. The predicted molar refractivity (Wildman–Crippen MR) is 85.3 cm³/mol. The van der Waals surface area contributed by atoms with Crippen molar-refractivity contribution < 1.29 is 8.42 Å². The zero-order chi connectivity index (χ0) is 15.6. The maximum Gasteiger partial charge on any atom is 0.261 e. The van der Waals surface area contributed by atoms with Crippen LogP contribution in [-0.2, 0) is 10.0 Å². The minimum atomic E-state index is -3.72. The van der Waals surface area contributed by atoms with Crippen LogP contribution in [0.15, 0.2) is 45.8 Å². The lowest BCUT2D eigenvalue weighted by atomic mass is 10.1. The van der Waals surface area contributed by atoms with Crippen LogP contribution in [0, 0.1) is 18.3 Å². The molecule has 2 aromatic carbocycles. The van der Waals surface area contributed by atoms with Gasteiger partial charge in [-0.15, -0.1) is 0 Å². The van der Waals surface area contributed by atoms with Gasteiger partial charge in [0.1, 0.15) is 0 Å². The van der Waals surface area contributed by atoms with E-state index in [1.54, 1.807) is 19.1 Å². The molecule has 0 spiro atoms. The summed E-state index contributed by atoms with van der Waals surface area (Å²) in [5, 5.41) is 8.87. The molecular weight excluding hydrogens is 354 g/mol. The third-order valence-corrected chi connectivity index (χ3v) is 4.98. The summed E-state index contributed by atoms with van der Waals surface area (Å²) in [6.07, 6.45) is 0. The third kappa shape index (κ3) is 3.35. The highest BCUT2D eigenvalue weighted by atomic mass is 79.9. The largest absolute Gasteiger partial charge is 0.398 e. The Hall–Kier alpha value is -2.04. The highest BCUT2D eigenvalue weighted by Gasteiger charge is 2.15. The fourth-order valence-corrected chi connectivity index (χ4v) is 3.13. The van der Waals surface area contributed by atoms with Crippen LogP contribution in [0.1, 0.15) is 11.1 Å². The molecule has 0 saturated carbocycles. The molecule has 0 fully saturated rings. The van der Waals surface area contributed by atoms with E-state index in [4.69, 9.17) is 11.0 Å². The maximum absolute atomic E-state index is 12.3. The van der Waals surface area contributed by atoms with E-state index < -0.39 is 10.0 Å². The van der Waals surface area contributed by atoms with Gasteiger partial charge in [-0.1, -0.05) is 0 Å². The normalized spacial score (nSPS) is 10.9. The lowest BCUT2D eigenvalue weighted by molar-refractivity contribution is 0.601. The van der Waals surface area contributed by atoms with Crippen molar-refractivity contribution in [3.63, 3.8) is 0 Å². The van der Waals surface area contributed by atoms with Crippen LogP contribution in [-0.4, -0.2) is 8.42 Å². The van der Waals surface area contributed by atoms with E-state index in [0.717, 1.165) is 0 Å². The molecule has 2 rings (SSSR count). The molecule has 0 aliphatic carbocycles. The molecule has 0 amide bonds. The molecule has 0 bridgehead atoms. The summed E-state index contributed by atoms with van der Waals surface area (Å²) in [6, 6.07) is 11.1. The summed E-state index contributed by atoms with van der Waals surface area (Å²) in [5.41, 5.74) is 7.58. The van der Waals surface area contributed by atoms with Gasteiger partial charge in [-0.2, -0.15) is 5.26 Å². The molecule has 0 unspecified atom stereocenters. The van der Waals surface area contributed by atoms with E-state index in [2.05, 4.69) is 20.7 Å². The minimum absolute atomic E-state index is 0.0977. The number of halogens is 1. The van der Waals surface area contributed by atoms with Crippen molar-refractivity contribution >= 4 is 37.3 Å². The summed E-state index contributed by atoms with van der Waals surface area (Å²) in [7, 11) is -3.72. The third-order valence-electron chi connectivity index (χ3n) is 2.88. The Bertz CT molecular complexity index is 842. The summed E-state index contributed by atoms with van der Waals surface area (Å²) in [4.78, 5) is 0.0977. The Morgan fingerprint density at radius 1 is 1.24 bits per heavy atom. The van der Waals surface area contributed by atoms with Crippen molar-refractivity contribution in [2.45, 2.75) is 11.8 Å². The Kier molecular flexibility index (Phi) is 4.21. The van der Waals surface area contributed by atoms with Crippen molar-refractivity contribution in [1.29, 1.82) is 5.26 Å². The van der Waals surface area contributed by atoms with Gasteiger partial charge in [0.15, 0.2) is 0 Å². The molecule has 2 aromatic rings. The Labute approximate surface area is 131 Å². The first-order chi connectivity index (χ1) is 9.83. The van der Waals surface area contributed by atoms with E-state index in [-0.39, 0.29) is 4.90 Å². The number of benzene rings is 2. The van der Waals surface area contributed by atoms with Crippen molar-refractivity contribution in [1.82, 2.24) is 0 Å². The van der Waals surface area contributed by atoms with E-state index in [9.17, 15) is 8.42 Å². The van der Waals surface area contributed by atoms with Gasteiger partial charge in [-0.3, -0.25) is 4.72 Å². The van der Waals surface area contributed by atoms with Crippen LogP contribution in [0.2, 0.25) is 0 Å². The summed E-state index contributed by atoms with van der Waals surface area (Å²) in [5.74, 6) is 0. The Balaban J connectivity index is 2.36. The monoisotopic (exact) mass is 365 g/mol. The Morgan fingerprint density at radius 2 is 1.95 bits per heavy atom. The Morgan fingerprint density at radius 3 is 2.52 bits per heavy atom. The van der Waals surface area contributed by atoms with Gasteiger partial charge in [0.25, 0.3) is 10.0 Å². The molecule has 0 radical (unpaired) electrons. The van der Waals surface area contributed by atoms with Crippen LogP contribution < -0.4 is 10.5 Å². The van der Waals surface area contributed by atoms with Crippen LogP contribution in [0.25, 0.3) is 0 Å². The van der Waals surface area contributed by atoms with Crippen molar-refractivity contribution in [2.24, 2.45) is 0 Å². The van der Waals surface area contributed by atoms with Crippen LogP contribution in [0.3, 0.4) is 0 Å². The van der Waals surface area contributed by atoms with Crippen LogP contribution in [0.4, 0.5) is 11.4 Å². The van der Waals surface area contributed by atoms with Gasteiger partial charge >= 0.3 is 0 Å². The smallest absolute Gasteiger partial charge is 0.261 e. The number of nitrogens with one attached hydrogen (secondary N) is 1. The summed E-state index contributed by atoms with van der Waals surface area (Å²) < 4.78 is 27.8. The molecule has 21 heavy (non-hydrogen) atoms. The predicted octanol–water partition coefficient (Wildman–Crippen LogP) is 3.01. The highest BCUT2D eigenvalue weighted by molar-refractivity contribution is 9.10. The minimum Gasteiger partial charge on any atom is -0.398 e. The van der Waals surface area contributed by atoms with E-state index in [0.29, 0.717) is 27.0 Å². The molecule has 0 aliphatic rings. The number of nitrogens with two attached hydrogens (primary N) is 1. The quantitative estimate of drug-likeness (QED) is 0.817. The van der Waals surface area contributed by atoms with Crippen LogP contribution in [0.5, 0.6) is 0 Å². The van der Waals surface area contributed by atoms with E-state index >= 15 is 0 Å². The lowest BCUT2D eigenvalue weighted by Crippen LogP contribution is -2.13. The van der Waals surface area contributed by atoms with Crippen molar-refractivity contribution in [3.05, 3.63) is 52.0 Å². The van der Waals surface area contributed by atoms with Crippen molar-refractivity contribution in [3.8, 4) is 6.07 Å². The standard InChI is InChI=1S/C14H12BrN3O2S/c1-9-6-12(4-2-10(9)8-16)21(19,20)18-11-3-5-13(15)14(17)7-11/h2-7,18H,17H2,1H3. The molecule has 3 N–H and O–H groups in total. The van der Waals surface area contributed by atoms with E-state index in [1.807, 2.05) is 6.07 Å². The molecule has 0 atom stereocenters.